The predicted molar refractivity (Wildman–Crippen MR) is 108 cm³/mol. The van der Waals surface area contributed by atoms with E-state index in [9.17, 15) is 23.3 Å². The van der Waals surface area contributed by atoms with Gasteiger partial charge in [-0.15, -0.1) is 0 Å². The van der Waals surface area contributed by atoms with Crippen LogP contribution in [-0.2, 0) is 14.6 Å². The zero-order valence-corrected chi connectivity index (χ0v) is 16.5. The van der Waals surface area contributed by atoms with Gasteiger partial charge in [0.05, 0.1) is 27.1 Å². The van der Waals surface area contributed by atoms with Crippen LogP contribution >= 0.6 is 11.6 Å². The van der Waals surface area contributed by atoms with E-state index in [2.05, 4.69) is 16.0 Å². The lowest BCUT2D eigenvalue weighted by molar-refractivity contribution is -0.384. The molecule has 0 spiro atoms. The van der Waals surface area contributed by atoms with E-state index in [1.807, 2.05) is 0 Å². The molecule has 0 saturated carbocycles. The maximum atomic E-state index is 11.8. The largest absolute Gasteiger partial charge is 0.378 e. The number of sulfone groups is 1. The van der Waals surface area contributed by atoms with E-state index in [1.165, 1.54) is 12.1 Å². The van der Waals surface area contributed by atoms with Crippen molar-refractivity contribution in [3.63, 3.8) is 0 Å². The van der Waals surface area contributed by atoms with Crippen molar-refractivity contribution in [2.75, 3.05) is 36.5 Å². The van der Waals surface area contributed by atoms with E-state index < -0.39 is 14.8 Å². The third-order valence-corrected chi connectivity index (χ3v) is 5.11. The molecule has 150 valence electrons. The van der Waals surface area contributed by atoms with E-state index >= 15 is 0 Å². The first-order chi connectivity index (χ1) is 13.2. The highest BCUT2D eigenvalue weighted by atomic mass is 35.5. The van der Waals surface area contributed by atoms with Crippen molar-refractivity contribution in [1.82, 2.24) is 5.32 Å². The van der Waals surface area contributed by atoms with E-state index in [4.69, 9.17) is 11.6 Å². The summed E-state index contributed by atoms with van der Waals surface area (Å²) in [7, 11) is -3.55. The van der Waals surface area contributed by atoms with Crippen LogP contribution in [0.25, 0.3) is 0 Å². The quantitative estimate of drug-likeness (QED) is 0.318. The number of nitro benzene ring substituents is 1. The number of carbonyl (C=O) groups is 1. The summed E-state index contributed by atoms with van der Waals surface area (Å²) in [5.74, 6) is -0.274. The van der Waals surface area contributed by atoms with Gasteiger partial charge in [-0.1, -0.05) is 23.7 Å². The highest BCUT2D eigenvalue weighted by Gasteiger charge is 2.18. The summed E-state index contributed by atoms with van der Waals surface area (Å²) in [5, 5.41) is 20.1. The average molecular weight is 427 g/mol. The number of rotatable bonds is 9. The molecule has 0 atom stereocenters. The molecule has 0 aliphatic heterocycles. The predicted octanol–water partition coefficient (Wildman–Crippen LogP) is 2.29. The molecule has 0 radical (unpaired) electrons. The van der Waals surface area contributed by atoms with Gasteiger partial charge in [-0.25, -0.2) is 8.42 Å². The topological polar surface area (TPSA) is 130 Å². The van der Waals surface area contributed by atoms with Gasteiger partial charge in [-0.2, -0.15) is 0 Å². The van der Waals surface area contributed by atoms with Gasteiger partial charge in [0.1, 0.15) is 5.69 Å². The second-order valence-corrected chi connectivity index (χ2v) is 8.24. The van der Waals surface area contributed by atoms with Gasteiger partial charge in [-0.3, -0.25) is 14.9 Å². The zero-order chi connectivity index (χ0) is 20.7. The maximum absolute atomic E-state index is 11.8. The normalized spacial score (nSPS) is 10.9. The van der Waals surface area contributed by atoms with Crippen LogP contribution in [0.2, 0.25) is 5.02 Å². The molecule has 3 N–H and O–H groups in total. The second kappa shape index (κ2) is 9.38. The summed E-state index contributed by atoms with van der Waals surface area (Å²) in [4.78, 5) is 22.2. The molecule has 0 aliphatic rings. The standard InChI is InChI=1S/C17H19ClN4O5S/c1-28(26,27)12-6-7-15(16(10-12)22(24)25)19-8-9-20-17(23)11-21-14-5-3-2-4-13(14)18/h2-7,10,19,21H,8-9,11H2,1H3,(H,20,23). The Hall–Kier alpha value is -2.85. The molecule has 0 aromatic heterocycles. The first-order valence-corrected chi connectivity index (χ1v) is 10.4. The number of anilines is 2. The molecule has 0 aliphatic carbocycles. The monoisotopic (exact) mass is 426 g/mol. The van der Waals surface area contributed by atoms with Crippen LogP contribution < -0.4 is 16.0 Å². The first-order valence-electron chi connectivity index (χ1n) is 8.16. The number of carbonyl (C=O) groups excluding carboxylic acids is 1. The Morgan fingerprint density at radius 3 is 2.46 bits per heavy atom. The van der Waals surface area contributed by atoms with Crippen molar-refractivity contribution in [3.05, 3.63) is 57.6 Å². The number of hydrogen-bond donors (Lipinski definition) is 3. The van der Waals surface area contributed by atoms with E-state index in [1.54, 1.807) is 24.3 Å². The fourth-order valence-corrected chi connectivity index (χ4v) is 3.13. The first kappa shape index (κ1) is 21.5. The highest BCUT2D eigenvalue weighted by molar-refractivity contribution is 7.90. The van der Waals surface area contributed by atoms with Crippen molar-refractivity contribution in [2.45, 2.75) is 4.90 Å². The SMILES string of the molecule is CS(=O)(=O)c1ccc(NCCNC(=O)CNc2ccccc2Cl)c([N+](=O)[O-])c1. The Morgan fingerprint density at radius 1 is 1.11 bits per heavy atom. The lowest BCUT2D eigenvalue weighted by atomic mass is 10.2. The number of halogens is 1. The van der Waals surface area contributed by atoms with Crippen LogP contribution in [0.3, 0.4) is 0 Å². The minimum Gasteiger partial charge on any atom is -0.378 e. The molecule has 1 amide bonds. The zero-order valence-electron chi connectivity index (χ0n) is 14.9. The molecule has 2 aromatic rings. The van der Waals surface area contributed by atoms with Crippen molar-refractivity contribution < 1.29 is 18.1 Å². The molecular weight excluding hydrogens is 408 g/mol. The molecule has 11 heteroatoms. The number of hydrogen-bond acceptors (Lipinski definition) is 7. The molecule has 0 unspecified atom stereocenters. The van der Waals surface area contributed by atoms with E-state index in [0.717, 1.165) is 12.3 Å². The number of amides is 1. The molecule has 0 heterocycles. The summed E-state index contributed by atoms with van der Waals surface area (Å²) < 4.78 is 23.1. The van der Waals surface area contributed by atoms with Gasteiger partial charge < -0.3 is 16.0 Å². The van der Waals surface area contributed by atoms with Crippen LogP contribution in [0.1, 0.15) is 0 Å². The van der Waals surface area contributed by atoms with Crippen LogP contribution in [0.15, 0.2) is 47.4 Å². The van der Waals surface area contributed by atoms with E-state index in [0.29, 0.717) is 10.7 Å². The molecule has 28 heavy (non-hydrogen) atoms. The van der Waals surface area contributed by atoms with Gasteiger partial charge in [0.15, 0.2) is 9.84 Å². The van der Waals surface area contributed by atoms with Crippen molar-refractivity contribution in [3.8, 4) is 0 Å². The molecule has 2 rings (SSSR count). The molecular formula is C17H19ClN4O5S. The number of para-hydroxylation sites is 1. The lowest BCUT2D eigenvalue weighted by Crippen LogP contribution is -2.33. The van der Waals surface area contributed by atoms with Gasteiger partial charge in [0, 0.05) is 25.4 Å². The van der Waals surface area contributed by atoms with Gasteiger partial charge in [-0.05, 0) is 24.3 Å². The van der Waals surface area contributed by atoms with Gasteiger partial charge in [0.2, 0.25) is 5.91 Å². The van der Waals surface area contributed by atoms with Crippen LogP contribution in [0.5, 0.6) is 0 Å². The molecule has 0 fully saturated rings. The second-order valence-electron chi connectivity index (χ2n) is 5.82. The van der Waals surface area contributed by atoms with Gasteiger partial charge in [0.25, 0.3) is 5.69 Å². The van der Waals surface area contributed by atoms with E-state index in [-0.39, 0.29) is 41.8 Å². The minimum absolute atomic E-state index is 0.0208. The van der Waals surface area contributed by atoms with Crippen molar-refractivity contribution in [1.29, 1.82) is 0 Å². The Bertz CT molecular complexity index is 981. The van der Waals surface area contributed by atoms with Crippen LogP contribution in [0, 0.1) is 10.1 Å². The summed E-state index contributed by atoms with van der Waals surface area (Å²) in [6.07, 6.45) is 0.978. The van der Waals surface area contributed by atoms with Crippen LogP contribution in [0.4, 0.5) is 17.1 Å². The van der Waals surface area contributed by atoms with Crippen molar-refractivity contribution >= 4 is 44.4 Å². The smallest absolute Gasteiger partial charge is 0.293 e. The van der Waals surface area contributed by atoms with Crippen molar-refractivity contribution in [2.24, 2.45) is 0 Å². The number of nitrogens with one attached hydrogen (secondary N) is 3. The fourth-order valence-electron chi connectivity index (χ4n) is 2.28. The summed E-state index contributed by atoms with van der Waals surface area (Å²) >= 11 is 5.99. The fraction of sp³-hybridized carbons (Fsp3) is 0.235. The molecule has 0 bridgehead atoms. The Labute approximate surface area is 167 Å². The van der Waals surface area contributed by atoms with Gasteiger partial charge >= 0.3 is 0 Å². The maximum Gasteiger partial charge on any atom is 0.293 e. The average Bonchev–Trinajstić information content (AvgIpc) is 2.63. The molecule has 9 nitrogen and oxygen atoms in total. The summed E-state index contributed by atoms with van der Waals surface area (Å²) in [5.41, 5.74) is 0.453. The summed E-state index contributed by atoms with van der Waals surface area (Å²) in [6.45, 7) is 0.456. The number of benzene rings is 2. The lowest BCUT2D eigenvalue weighted by Gasteiger charge is -2.11. The third-order valence-electron chi connectivity index (χ3n) is 3.67. The molecule has 2 aromatic carbocycles. The molecule has 0 saturated heterocycles. The Morgan fingerprint density at radius 2 is 1.82 bits per heavy atom. The Balaban J connectivity index is 1.85. The summed E-state index contributed by atoms with van der Waals surface area (Å²) in [6, 6.07) is 10.6. The minimum atomic E-state index is -3.55. The van der Waals surface area contributed by atoms with Crippen LogP contribution in [-0.4, -0.2) is 45.1 Å². The number of nitro groups is 1. The highest BCUT2D eigenvalue weighted by Crippen LogP contribution is 2.27. The Kier molecular flexibility index (Phi) is 7.18. The third kappa shape index (κ3) is 6.10. The number of nitrogens with zero attached hydrogens (tertiary/aromatic N) is 1.